The second kappa shape index (κ2) is 6.27. The molecule has 0 amide bonds. The number of nitrogens with zero attached hydrogens (tertiary/aromatic N) is 1. The number of aliphatic hydroxyl groups excluding tert-OH is 1. The first-order valence-electron chi connectivity index (χ1n) is 7.21. The Labute approximate surface area is 124 Å². The molecule has 2 rings (SSSR count). The zero-order chi connectivity index (χ0) is 14.0. The van der Waals surface area contributed by atoms with Crippen LogP contribution in [0.3, 0.4) is 0 Å². The Hall–Kier alpha value is -0.540. The maximum absolute atomic E-state index is 9.99. The number of benzene rings is 1. The first kappa shape index (κ1) is 14.9. The zero-order valence-electron chi connectivity index (χ0n) is 12.1. The molecule has 0 radical (unpaired) electrons. The lowest BCUT2D eigenvalue weighted by Gasteiger charge is -2.39. The Morgan fingerprint density at radius 1 is 1.32 bits per heavy atom. The Morgan fingerprint density at radius 3 is 2.63 bits per heavy atom. The number of aliphatic hydroxyl groups is 1. The van der Waals surface area contributed by atoms with E-state index in [1.54, 1.807) is 0 Å². The van der Waals surface area contributed by atoms with Gasteiger partial charge in [-0.05, 0) is 43.9 Å². The van der Waals surface area contributed by atoms with E-state index in [2.05, 4.69) is 46.9 Å². The summed E-state index contributed by atoms with van der Waals surface area (Å²) in [6.07, 6.45) is 4.81. The van der Waals surface area contributed by atoms with Crippen LogP contribution in [0.15, 0.2) is 22.7 Å². The van der Waals surface area contributed by atoms with Crippen molar-refractivity contribution in [2.45, 2.75) is 51.7 Å². The van der Waals surface area contributed by atoms with Gasteiger partial charge >= 0.3 is 0 Å². The Balaban J connectivity index is 2.29. The lowest BCUT2D eigenvalue weighted by molar-refractivity contribution is 0.199. The fourth-order valence-electron chi connectivity index (χ4n) is 3.23. The van der Waals surface area contributed by atoms with Gasteiger partial charge < -0.3 is 10.0 Å². The van der Waals surface area contributed by atoms with Crippen LogP contribution in [0.5, 0.6) is 0 Å². The minimum atomic E-state index is -0.436. The molecule has 1 aromatic carbocycles. The minimum absolute atomic E-state index is 0.436. The molecule has 0 bridgehead atoms. The normalized spacial score (nSPS) is 25.1. The summed E-state index contributed by atoms with van der Waals surface area (Å²) in [5, 5.41) is 9.99. The molecule has 106 valence electrons. The van der Waals surface area contributed by atoms with Gasteiger partial charge in [-0.2, -0.15) is 0 Å². The molecule has 0 aromatic heterocycles. The molecule has 3 heteroatoms. The van der Waals surface area contributed by atoms with Gasteiger partial charge in [0.15, 0.2) is 0 Å². The number of hydrogen-bond donors (Lipinski definition) is 1. The van der Waals surface area contributed by atoms with E-state index in [9.17, 15) is 5.11 Å². The second-order valence-corrected chi connectivity index (χ2v) is 6.73. The average Bonchev–Trinajstić information content (AvgIpc) is 2.38. The number of anilines is 1. The quantitative estimate of drug-likeness (QED) is 0.883. The first-order valence-corrected chi connectivity index (χ1v) is 8.00. The molecule has 1 saturated carbocycles. The summed E-state index contributed by atoms with van der Waals surface area (Å²) < 4.78 is 1.03. The third kappa shape index (κ3) is 3.32. The topological polar surface area (TPSA) is 23.5 Å². The molecule has 1 aliphatic carbocycles. The molecule has 3 atom stereocenters. The van der Waals surface area contributed by atoms with Crippen molar-refractivity contribution in [1.82, 2.24) is 0 Å². The molecule has 3 unspecified atom stereocenters. The van der Waals surface area contributed by atoms with E-state index in [4.69, 9.17) is 0 Å². The van der Waals surface area contributed by atoms with Crippen LogP contribution in [0.4, 0.5) is 5.69 Å². The second-order valence-electron chi connectivity index (χ2n) is 5.82. The third-order valence-electron chi connectivity index (χ3n) is 4.38. The van der Waals surface area contributed by atoms with E-state index >= 15 is 0 Å². The van der Waals surface area contributed by atoms with Crippen molar-refractivity contribution < 1.29 is 5.11 Å². The van der Waals surface area contributed by atoms with Gasteiger partial charge in [-0.3, -0.25) is 0 Å². The smallest absolute Gasteiger partial charge is 0.0782 e. The molecule has 0 spiro atoms. The summed E-state index contributed by atoms with van der Waals surface area (Å²) in [5.41, 5.74) is 2.17. The SMILES string of the molecule is CC(O)c1cc(Br)ccc1N(C)C1CCCCC1C. The van der Waals surface area contributed by atoms with Gasteiger partial charge in [-0.25, -0.2) is 0 Å². The molecule has 1 fully saturated rings. The number of rotatable bonds is 3. The van der Waals surface area contributed by atoms with Crippen molar-refractivity contribution in [2.24, 2.45) is 5.92 Å². The molecule has 1 aliphatic rings. The predicted octanol–water partition coefficient (Wildman–Crippen LogP) is 4.52. The standard InChI is InChI=1S/C16H24BrNO/c1-11-6-4-5-7-15(11)18(3)16-9-8-13(17)10-14(16)12(2)19/h8-12,15,19H,4-7H2,1-3H3. The van der Waals surface area contributed by atoms with Crippen molar-refractivity contribution in [2.75, 3.05) is 11.9 Å². The summed E-state index contributed by atoms with van der Waals surface area (Å²) in [5.74, 6) is 0.726. The molecule has 1 N–H and O–H groups in total. The summed E-state index contributed by atoms with van der Waals surface area (Å²) in [6.45, 7) is 4.19. The maximum atomic E-state index is 9.99. The van der Waals surface area contributed by atoms with Gasteiger partial charge in [0.05, 0.1) is 6.10 Å². The van der Waals surface area contributed by atoms with Crippen LogP contribution < -0.4 is 4.90 Å². The lowest BCUT2D eigenvalue weighted by atomic mass is 9.84. The van der Waals surface area contributed by atoms with Crippen molar-refractivity contribution in [1.29, 1.82) is 0 Å². The van der Waals surface area contributed by atoms with Crippen LogP contribution in [-0.2, 0) is 0 Å². The first-order chi connectivity index (χ1) is 9.00. The summed E-state index contributed by atoms with van der Waals surface area (Å²) in [6, 6.07) is 6.80. The van der Waals surface area contributed by atoms with Gasteiger partial charge in [0.25, 0.3) is 0 Å². The highest BCUT2D eigenvalue weighted by atomic mass is 79.9. The Kier molecular flexibility index (Phi) is 4.91. The lowest BCUT2D eigenvalue weighted by Crippen LogP contribution is -2.39. The molecule has 19 heavy (non-hydrogen) atoms. The monoisotopic (exact) mass is 325 g/mol. The number of hydrogen-bond acceptors (Lipinski definition) is 2. The van der Waals surface area contributed by atoms with E-state index in [1.807, 2.05) is 13.0 Å². The molecule has 0 aliphatic heterocycles. The van der Waals surface area contributed by atoms with E-state index in [0.717, 1.165) is 21.6 Å². The van der Waals surface area contributed by atoms with E-state index in [-0.39, 0.29) is 0 Å². The van der Waals surface area contributed by atoms with Crippen LogP contribution in [0, 0.1) is 5.92 Å². The summed E-state index contributed by atoms with van der Waals surface area (Å²) in [7, 11) is 2.17. The van der Waals surface area contributed by atoms with Crippen molar-refractivity contribution in [3.63, 3.8) is 0 Å². The minimum Gasteiger partial charge on any atom is -0.389 e. The fourth-order valence-corrected chi connectivity index (χ4v) is 3.61. The summed E-state index contributed by atoms with van der Waals surface area (Å²) >= 11 is 3.49. The van der Waals surface area contributed by atoms with Crippen LogP contribution in [0.2, 0.25) is 0 Å². The van der Waals surface area contributed by atoms with Gasteiger partial charge in [0, 0.05) is 28.8 Å². The fraction of sp³-hybridized carbons (Fsp3) is 0.625. The van der Waals surface area contributed by atoms with Gasteiger partial charge in [-0.15, -0.1) is 0 Å². The van der Waals surface area contributed by atoms with Crippen molar-refractivity contribution >= 4 is 21.6 Å². The Bertz CT molecular complexity index is 433. The van der Waals surface area contributed by atoms with Gasteiger partial charge in [0.1, 0.15) is 0 Å². The van der Waals surface area contributed by atoms with E-state index < -0.39 is 6.10 Å². The summed E-state index contributed by atoms with van der Waals surface area (Å²) in [4.78, 5) is 2.37. The molecular formula is C16H24BrNO. The van der Waals surface area contributed by atoms with Crippen LogP contribution in [0.1, 0.15) is 51.2 Å². The zero-order valence-corrected chi connectivity index (χ0v) is 13.7. The van der Waals surface area contributed by atoms with E-state index in [1.165, 1.54) is 25.7 Å². The van der Waals surface area contributed by atoms with Crippen molar-refractivity contribution in [3.8, 4) is 0 Å². The molecule has 0 saturated heterocycles. The van der Waals surface area contributed by atoms with Crippen LogP contribution in [0.25, 0.3) is 0 Å². The molecular weight excluding hydrogens is 302 g/mol. The highest BCUT2D eigenvalue weighted by Crippen LogP contribution is 2.35. The van der Waals surface area contributed by atoms with Gasteiger partial charge in [-0.1, -0.05) is 35.7 Å². The maximum Gasteiger partial charge on any atom is 0.0782 e. The van der Waals surface area contributed by atoms with Gasteiger partial charge in [0.2, 0.25) is 0 Å². The predicted molar refractivity (Wildman–Crippen MR) is 84.6 cm³/mol. The van der Waals surface area contributed by atoms with Crippen molar-refractivity contribution in [3.05, 3.63) is 28.2 Å². The number of halogens is 1. The van der Waals surface area contributed by atoms with E-state index in [0.29, 0.717) is 6.04 Å². The molecule has 0 heterocycles. The largest absolute Gasteiger partial charge is 0.389 e. The Morgan fingerprint density at radius 2 is 2.00 bits per heavy atom. The third-order valence-corrected chi connectivity index (χ3v) is 4.88. The highest BCUT2D eigenvalue weighted by Gasteiger charge is 2.26. The highest BCUT2D eigenvalue weighted by molar-refractivity contribution is 9.10. The average molecular weight is 326 g/mol. The molecule has 2 nitrogen and oxygen atoms in total. The van der Waals surface area contributed by atoms with Crippen LogP contribution in [-0.4, -0.2) is 18.2 Å². The molecule has 1 aromatic rings. The van der Waals surface area contributed by atoms with Crippen LogP contribution >= 0.6 is 15.9 Å².